The number of esters is 1. The van der Waals surface area contributed by atoms with E-state index in [2.05, 4.69) is 45.6 Å². The Bertz CT molecular complexity index is 843. The fraction of sp³-hybridized carbons (Fsp3) is 0.912. The largest absolute Gasteiger partial charge is 0.462 e. The lowest BCUT2D eigenvalue weighted by molar-refractivity contribution is -0.149. The fourth-order valence-corrected chi connectivity index (χ4v) is 10.5. The van der Waals surface area contributed by atoms with Crippen molar-refractivity contribution in [2.24, 2.45) is 46.3 Å². The third-order valence-corrected chi connectivity index (χ3v) is 12.4. The van der Waals surface area contributed by atoms with Crippen molar-refractivity contribution in [3.8, 4) is 0 Å². The lowest BCUT2D eigenvalue weighted by Crippen LogP contribution is -2.59. The van der Waals surface area contributed by atoms with Gasteiger partial charge in [-0.05, 0) is 111 Å². The minimum absolute atomic E-state index is 0.0896. The molecular weight excluding hydrogens is 454 g/mol. The van der Waals surface area contributed by atoms with E-state index in [-0.39, 0.29) is 12.1 Å². The van der Waals surface area contributed by atoms with Crippen molar-refractivity contribution in [2.75, 3.05) is 13.1 Å². The molecule has 4 fully saturated rings. The highest BCUT2D eigenvalue weighted by Gasteiger charge is 2.61. The second-order valence-corrected chi connectivity index (χ2v) is 15.0. The van der Waals surface area contributed by atoms with Crippen LogP contribution >= 0.6 is 0 Å². The van der Waals surface area contributed by atoms with Crippen LogP contribution in [0.5, 0.6) is 0 Å². The number of hydrogen-bond donors (Lipinski definition) is 0. The van der Waals surface area contributed by atoms with Crippen LogP contribution in [0.2, 0.25) is 0 Å². The van der Waals surface area contributed by atoms with Crippen molar-refractivity contribution in [1.29, 1.82) is 0 Å². The number of ether oxygens (including phenoxy) is 1. The monoisotopic (exact) mass is 511 g/mol. The maximum Gasteiger partial charge on any atom is 0.302 e. The van der Waals surface area contributed by atoms with Gasteiger partial charge in [-0.15, -0.1) is 0 Å². The van der Waals surface area contributed by atoms with Gasteiger partial charge in [-0.2, -0.15) is 0 Å². The molecule has 9 atom stereocenters. The molecule has 3 heteroatoms. The average Bonchev–Trinajstić information content (AvgIpc) is 3.21. The van der Waals surface area contributed by atoms with Gasteiger partial charge in [-0.3, -0.25) is 9.69 Å². The van der Waals surface area contributed by atoms with Crippen molar-refractivity contribution >= 4 is 5.97 Å². The van der Waals surface area contributed by atoms with Gasteiger partial charge < -0.3 is 4.74 Å². The van der Waals surface area contributed by atoms with Crippen LogP contribution in [-0.2, 0) is 9.53 Å². The average molecular weight is 512 g/mol. The summed E-state index contributed by atoms with van der Waals surface area (Å²) in [6.45, 7) is 16.8. The second kappa shape index (κ2) is 11.0. The number of likely N-dealkylation sites (tertiary alicyclic amines) is 1. The molecule has 5 rings (SSSR count). The van der Waals surface area contributed by atoms with Gasteiger partial charge >= 0.3 is 5.97 Å². The van der Waals surface area contributed by atoms with E-state index < -0.39 is 0 Å². The quantitative estimate of drug-likeness (QED) is 0.254. The molecular formula is C34H57NO2. The molecule has 0 radical (unpaired) electrons. The number of hydrogen-bond acceptors (Lipinski definition) is 3. The molecule has 0 unspecified atom stereocenters. The number of carbonyl (C=O) groups is 1. The number of fused-ring (bicyclic) bond motifs is 5. The molecule has 1 heterocycles. The molecule has 0 bridgehead atoms. The van der Waals surface area contributed by atoms with Gasteiger partial charge in [0.25, 0.3) is 0 Å². The lowest BCUT2D eigenvalue weighted by Gasteiger charge is -2.62. The minimum Gasteiger partial charge on any atom is -0.462 e. The molecule has 0 aromatic rings. The summed E-state index contributed by atoms with van der Waals surface area (Å²) >= 11 is 0. The van der Waals surface area contributed by atoms with Crippen molar-refractivity contribution in [3.05, 3.63) is 11.6 Å². The number of rotatable bonds is 7. The summed E-state index contributed by atoms with van der Waals surface area (Å²) in [4.78, 5) is 14.7. The molecule has 0 N–H and O–H groups in total. The zero-order valence-corrected chi connectivity index (χ0v) is 25.1. The summed E-state index contributed by atoms with van der Waals surface area (Å²) in [5.74, 6) is 4.97. The van der Waals surface area contributed by atoms with E-state index in [9.17, 15) is 4.79 Å². The number of piperidine rings is 1. The summed E-state index contributed by atoms with van der Waals surface area (Å²) in [5, 5.41) is 0. The van der Waals surface area contributed by atoms with E-state index in [0.29, 0.717) is 16.9 Å². The van der Waals surface area contributed by atoms with E-state index in [0.717, 1.165) is 48.3 Å². The summed E-state index contributed by atoms with van der Waals surface area (Å²) in [5.41, 5.74) is 2.46. The molecule has 1 saturated heterocycles. The molecule has 3 saturated carbocycles. The van der Waals surface area contributed by atoms with Crippen LogP contribution in [0.4, 0.5) is 0 Å². The van der Waals surface area contributed by atoms with Gasteiger partial charge in [0, 0.05) is 19.4 Å². The van der Waals surface area contributed by atoms with Crippen molar-refractivity contribution in [2.45, 2.75) is 137 Å². The molecule has 0 spiro atoms. The van der Waals surface area contributed by atoms with Gasteiger partial charge in [-0.1, -0.05) is 72.0 Å². The molecule has 1 aliphatic heterocycles. The maximum atomic E-state index is 11.8. The second-order valence-electron chi connectivity index (χ2n) is 15.0. The van der Waals surface area contributed by atoms with Crippen LogP contribution in [-0.4, -0.2) is 36.1 Å². The lowest BCUT2D eigenvalue weighted by atomic mass is 9.45. The normalized spacial score (nSPS) is 42.9. The van der Waals surface area contributed by atoms with Crippen LogP contribution in [0.3, 0.4) is 0 Å². The molecule has 4 aliphatic carbocycles. The van der Waals surface area contributed by atoms with Crippen LogP contribution in [0.25, 0.3) is 0 Å². The molecule has 0 amide bonds. The minimum atomic E-state index is -0.108. The Hall–Kier alpha value is -0.830. The van der Waals surface area contributed by atoms with Crippen LogP contribution in [0, 0.1) is 46.3 Å². The molecule has 3 nitrogen and oxygen atoms in total. The van der Waals surface area contributed by atoms with E-state index in [1.807, 2.05) is 0 Å². The van der Waals surface area contributed by atoms with Crippen LogP contribution in [0.15, 0.2) is 11.6 Å². The number of carbonyl (C=O) groups excluding carboxylic acids is 1. The number of nitrogens with zero attached hydrogens (tertiary/aromatic N) is 1. The molecule has 0 aromatic heterocycles. The fourth-order valence-electron chi connectivity index (χ4n) is 10.5. The van der Waals surface area contributed by atoms with Crippen molar-refractivity contribution in [3.63, 3.8) is 0 Å². The topological polar surface area (TPSA) is 29.5 Å². The van der Waals surface area contributed by atoms with Crippen molar-refractivity contribution in [1.82, 2.24) is 4.90 Å². The Morgan fingerprint density at radius 1 is 1.00 bits per heavy atom. The first-order valence-electron chi connectivity index (χ1n) is 16.3. The van der Waals surface area contributed by atoms with E-state index >= 15 is 0 Å². The standard InChI is InChI=1S/C34H57NO2/c1-23(2)11-10-12-24(3)28-13-14-29-32-30(16-18-34(28,29)6)33(5)17-15-27(37-25(4)36)21-26(33)22-31(32)35-19-8-7-9-20-35/h22-24,27-32H,7-21H2,1-6H3/t24-,27+,28+,29-,30-,31-,32-,33+,34-/m1/s1. The third kappa shape index (κ3) is 5.21. The van der Waals surface area contributed by atoms with Crippen molar-refractivity contribution < 1.29 is 9.53 Å². The highest BCUT2D eigenvalue weighted by Crippen LogP contribution is 2.68. The van der Waals surface area contributed by atoms with Gasteiger partial charge in [0.05, 0.1) is 0 Å². The summed E-state index contributed by atoms with van der Waals surface area (Å²) in [7, 11) is 0. The van der Waals surface area contributed by atoms with Crippen LogP contribution < -0.4 is 0 Å². The molecule has 0 aromatic carbocycles. The highest BCUT2D eigenvalue weighted by molar-refractivity contribution is 5.66. The molecule has 210 valence electrons. The Labute approximate surface area is 228 Å². The van der Waals surface area contributed by atoms with E-state index in [4.69, 9.17) is 4.74 Å². The summed E-state index contributed by atoms with van der Waals surface area (Å²) in [6.07, 6.45) is 20.2. The van der Waals surface area contributed by atoms with Gasteiger partial charge in [0.15, 0.2) is 0 Å². The predicted molar refractivity (Wildman–Crippen MR) is 153 cm³/mol. The third-order valence-electron chi connectivity index (χ3n) is 12.4. The van der Waals surface area contributed by atoms with E-state index in [1.165, 1.54) is 83.7 Å². The molecule has 5 aliphatic rings. The van der Waals surface area contributed by atoms with E-state index in [1.54, 1.807) is 12.5 Å². The highest BCUT2D eigenvalue weighted by atomic mass is 16.5. The Morgan fingerprint density at radius 2 is 1.76 bits per heavy atom. The van der Waals surface area contributed by atoms with Gasteiger partial charge in [0.1, 0.15) is 6.10 Å². The first-order chi connectivity index (χ1) is 17.6. The predicted octanol–water partition coefficient (Wildman–Crippen LogP) is 8.42. The summed E-state index contributed by atoms with van der Waals surface area (Å²) < 4.78 is 5.78. The first-order valence-corrected chi connectivity index (χ1v) is 16.3. The first kappa shape index (κ1) is 27.7. The Balaban J connectivity index is 1.43. The summed E-state index contributed by atoms with van der Waals surface area (Å²) in [6, 6.07) is 0.601. The maximum absolute atomic E-state index is 11.8. The van der Waals surface area contributed by atoms with Gasteiger partial charge in [0.2, 0.25) is 0 Å². The zero-order valence-electron chi connectivity index (χ0n) is 25.1. The van der Waals surface area contributed by atoms with Crippen LogP contribution in [0.1, 0.15) is 125 Å². The Morgan fingerprint density at radius 3 is 2.46 bits per heavy atom. The zero-order chi connectivity index (χ0) is 26.4. The smallest absolute Gasteiger partial charge is 0.302 e. The SMILES string of the molecule is CC(=O)O[C@H]1CC[C@@]2(C)C(=C[C@@H](N3CCCCC3)[C@@H]3[C@H]4CC[C@@H]([C@H](C)CCCC(C)C)[C@@]4(C)CC[C@H]32)C1. The Kier molecular flexibility index (Phi) is 8.22. The van der Waals surface area contributed by atoms with Gasteiger partial charge in [-0.25, -0.2) is 0 Å². The molecule has 37 heavy (non-hydrogen) atoms.